The van der Waals surface area contributed by atoms with Gasteiger partial charge in [0, 0.05) is 36.3 Å². The number of pyridine rings is 1. The van der Waals surface area contributed by atoms with Gasteiger partial charge in [0.15, 0.2) is 0 Å². The van der Waals surface area contributed by atoms with Crippen LogP contribution in [0.15, 0.2) is 60.9 Å². The minimum atomic E-state index is -0.0311. The smallest absolute Gasteiger partial charge is 0.317 e. The Kier molecular flexibility index (Phi) is 5.76. The van der Waals surface area contributed by atoms with Crippen LogP contribution in [-0.2, 0) is 6.54 Å². The average molecular weight is 389 g/mol. The third-order valence-corrected chi connectivity index (χ3v) is 5.55. The number of rotatable bonds is 4. The van der Waals surface area contributed by atoms with Gasteiger partial charge in [-0.1, -0.05) is 36.4 Å². The minimum Gasteiger partial charge on any atom is -0.317 e. The van der Waals surface area contributed by atoms with Gasteiger partial charge in [-0.15, -0.1) is 0 Å². The number of fused-ring (bicyclic) bond motifs is 1. The Balaban J connectivity index is 1.54. The molecule has 1 aromatic heterocycles. The van der Waals surface area contributed by atoms with Gasteiger partial charge in [0.25, 0.3) is 0 Å². The predicted molar refractivity (Wildman–Crippen MR) is 118 cm³/mol. The predicted octanol–water partition coefficient (Wildman–Crippen LogP) is 5.06. The van der Waals surface area contributed by atoms with Crippen molar-refractivity contribution in [3.8, 4) is 0 Å². The summed E-state index contributed by atoms with van der Waals surface area (Å²) in [5, 5.41) is 5.18. The summed E-state index contributed by atoms with van der Waals surface area (Å²) in [6, 6.07) is 16.7. The standard InChI is InChI=1S/C24H28N4O/c1-27(2)17-18-9-11-19(12-10-18)23-8-3-4-15-28(23)24(29)26-22-7-5-6-20-16-25-14-13-21(20)22/h5-7,9-14,16,23H,3-4,8,15,17H2,1-2H3,(H,26,29). The number of urea groups is 1. The van der Waals surface area contributed by atoms with Crippen molar-refractivity contribution in [1.82, 2.24) is 14.8 Å². The lowest BCUT2D eigenvalue weighted by Crippen LogP contribution is -2.41. The van der Waals surface area contributed by atoms with Crippen molar-refractivity contribution in [2.75, 3.05) is 26.0 Å². The van der Waals surface area contributed by atoms with E-state index in [9.17, 15) is 4.79 Å². The monoisotopic (exact) mass is 388 g/mol. The topological polar surface area (TPSA) is 48.5 Å². The van der Waals surface area contributed by atoms with E-state index in [0.717, 1.165) is 48.8 Å². The van der Waals surface area contributed by atoms with Crippen LogP contribution in [0.1, 0.15) is 36.4 Å². The van der Waals surface area contributed by atoms with E-state index in [1.165, 1.54) is 11.1 Å². The SMILES string of the molecule is CN(C)Cc1ccc(C2CCCCN2C(=O)Nc2cccc3cnccc23)cc1. The number of nitrogens with one attached hydrogen (secondary N) is 1. The van der Waals surface area contributed by atoms with Gasteiger partial charge < -0.3 is 15.1 Å². The molecule has 5 nitrogen and oxygen atoms in total. The number of nitrogens with zero attached hydrogens (tertiary/aromatic N) is 3. The molecule has 150 valence electrons. The molecule has 1 saturated heterocycles. The minimum absolute atomic E-state index is 0.0311. The van der Waals surface area contributed by atoms with Crippen molar-refractivity contribution in [2.24, 2.45) is 0 Å². The Morgan fingerprint density at radius 2 is 1.97 bits per heavy atom. The summed E-state index contributed by atoms with van der Waals surface area (Å²) in [6.45, 7) is 1.70. The van der Waals surface area contributed by atoms with E-state index in [2.05, 4.69) is 53.6 Å². The fraction of sp³-hybridized carbons (Fsp3) is 0.333. The first-order chi connectivity index (χ1) is 14.1. The van der Waals surface area contributed by atoms with Crippen LogP contribution < -0.4 is 5.32 Å². The van der Waals surface area contributed by atoms with Gasteiger partial charge in [0.1, 0.15) is 0 Å². The van der Waals surface area contributed by atoms with Crippen molar-refractivity contribution >= 4 is 22.5 Å². The Labute approximate surface area is 172 Å². The first kappa shape index (κ1) is 19.4. The highest BCUT2D eigenvalue weighted by molar-refractivity contribution is 6.01. The normalized spacial score (nSPS) is 16.9. The molecular weight excluding hydrogens is 360 g/mol. The molecule has 0 spiro atoms. The maximum Gasteiger partial charge on any atom is 0.322 e. The lowest BCUT2D eigenvalue weighted by atomic mass is 9.95. The molecule has 1 aliphatic heterocycles. The van der Waals surface area contributed by atoms with Crippen LogP contribution in [0.25, 0.3) is 10.8 Å². The summed E-state index contributed by atoms with van der Waals surface area (Å²) in [6.07, 6.45) is 6.77. The molecule has 0 saturated carbocycles. The van der Waals surface area contributed by atoms with Crippen LogP contribution in [0.3, 0.4) is 0 Å². The summed E-state index contributed by atoms with van der Waals surface area (Å²) in [5.41, 5.74) is 3.33. The van der Waals surface area contributed by atoms with E-state index in [-0.39, 0.29) is 12.1 Å². The van der Waals surface area contributed by atoms with E-state index in [1.807, 2.05) is 35.4 Å². The Hall–Kier alpha value is -2.92. The molecule has 4 rings (SSSR count). The van der Waals surface area contributed by atoms with Gasteiger partial charge in [0.05, 0.1) is 11.7 Å². The number of benzene rings is 2. The second-order valence-electron chi connectivity index (χ2n) is 8.02. The van der Waals surface area contributed by atoms with Crippen LogP contribution in [0.2, 0.25) is 0 Å². The quantitative estimate of drug-likeness (QED) is 0.680. The zero-order chi connectivity index (χ0) is 20.2. The van der Waals surface area contributed by atoms with Crippen LogP contribution in [0.4, 0.5) is 10.5 Å². The molecule has 2 aromatic carbocycles. The highest BCUT2D eigenvalue weighted by Crippen LogP contribution is 2.32. The molecule has 3 aromatic rings. The summed E-state index contributed by atoms with van der Waals surface area (Å²) in [5.74, 6) is 0. The summed E-state index contributed by atoms with van der Waals surface area (Å²) >= 11 is 0. The second kappa shape index (κ2) is 8.62. The molecule has 1 atom stereocenters. The Morgan fingerprint density at radius 3 is 2.76 bits per heavy atom. The third kappa shape index (κ3) is 4.40. The summed E-state index contributed by atoms with van der Waals surface area (Å²) < 4.78 is 0. The van der Waals surface area contributed by atoms with Crippen LogP contribution in [0, 0.1) is 0 Å². The highest BCUT2D eigenvalue weighted by Gasteiger charge is 2.28. The number of hydrogen-bond donors (Lipinski definition) is 1. The lowest BCUT2D eigenvalue weighted by molar-refractivity contribution is 0.163. The van der Waals surface area contributed by atoms with Gasteiger partial charge in [-0.05, 0) is 56.6 Å². The molecular formula is C24H28N4O. The largest absolute Gasteiger partial charge is 0.322 e. The van der Waals surface area contributed by atoms with E-state index >= 15 is 0 Å². The molecule has 5 heteroatoms. The number of hydrogen-bond acceptors (Lipinski definition) is 3. The molecule has 0 radical (unpaired) electrons. The van der Waals surface area contributed by atoms with Crippen molar-refractivity contribution in [2.45, 2.75) is 31.8 Å². The molecule has 1 unspecified atom stereocenters. The van der Waals surface area contributed by atoms with Gasteiger partial charge in [-0.3, -0.25) is 4.98 Å². The van der Waals surface area contributed by atoms with Crippen molar-refractivity contribution in [3.63, 3.8) is 0 Å². The molecule has 0 bridgehead atoms. The Morgan fingerprint density at radius 1 is 1.14 bits per heavy atom. The summed E-state index contributed by atoms with van der Waals surface area (Å²) in [4.78, 5) is 21.5. The molecule has 1 aliphatic rings. The van der Waals surface area contributed by atoms with Gasteiger partial charge in [-0.25, -0.2) is 4.79 Å². The fourth-order valence-electron chi connectivity index (χ4n) is 4.15. The van der Waals surface area contributed by atoms with E-state index < -0.39 is 0 Å². The van der Waals surface area contributed by atoms with Crippen LogP contribution in [0.5, 0.6) is 0 Å². The van der Waals surface area contributed by atoms with E-state index in [4.69, 9.17) is 0 Å². The number of carbonyl (C=O) groups is 1. The maximum atomic E-state index is 13.2. The van der Waals surface area contributed by atoms with Crippen molar-refractivity contribution < 1.29 is 4.79 Å². The number of likely N-dealkylation sites (tertiary alicyclic amines) is 1. The molecule has 2 amide bonds. The van der Waals surface area contributed by atoms with Crippen LogP contribution >= 0.6 is 0 Å². The van der Waals surface area contributed by atoms with E-state index in [0.29, 0.717) is 0 Å². The first-order valence-corrected chi connectivity index (χ1v) is 10.3. The van der Waals surface area contributed by atoms with Crippen molar-refractivity contribution in [3.05, 3.63) is 72.1 Å². The Bertz CT molecular complexity index is 978. The van der Waals surface area contributed by atoms with Gasteiger partial charge in [-0.2, -0.15) is 0 Å². The third-order valence-electron chi connectivity index (χ3n) is 5.55. The van der Waals surface area contributed by atoms with E-state index in [1.54, 1.807) is 6.20 Å². The molecule has 0 aliphatic carbocycles. The maximum absolute atomic E-state index is 13.2. The molecule has 29 heavy (non-hydrogen) atoms. The average Bonchev–Trinajstić information content (AvgIpc) is 2.74. The number of aromatic nitrogens is 1. The number of anilines is 1. The first-order valence-electron chi connectivity index (χ1n) is 10.3. The molecule has 2 heterocycles. The second-order valence-corrected chi connectivity index (χ2v) is 8.02. The number of carbonyl (C=O) groups excluding carboxylic acids is 1. The van der Waals surface area contributed by atoms with Gasteiger partial charge in [0.2, 0.25) is 0 Å². The fourth-order valence-corrected chi connectivity index (χ4v) is 4.15. The number of piperidine rings is 1. The zero-order valence-electron chi connectivity index (χ0n) is 17.1. The van der Waals surface area contributed by atoms with Crippen molar-refractivity contribution in [1.29, 1.82) is 0 Å². The van der Waals surface area contributed by atoms with Crippen LogP contribution in [-0.4, -0.2) is 41.5 Å². The zero-order valence-corrected chi connectivity index (χ0v) is 17.1. The highest BCUT2D eigenvalue weighted by atomic mass is 16.2. The van der Waals surface area contributed by atoms with Gasteiger partial charge >= 0.3 is 6.03 Å². The molecule has 1 N–H and O–H groups in total. The number of amides is 2. The lowest BCUT2D eigenvalue weighted by Gasteiger charge is -2.36. The summed E-state index contributed by atoms with van der Waals surface area (Å²) in [7, 11) is 4.15. The molecule has 1 fully saturated rings.